The van der Waals surface area contributed by atoms with Crippen molar-refractivity contribution in [3.8, 4) is 5.75 Å². The van der Waals surface area contributed by atoms with Crippen LogP contribution in [0.5, 0.6) is 5.75 Å². The number of hydrogen-bond acceptors (Lipinski definition) is 2. The SMILES string of the molecule is CCN(Cc1cccc(F)c1)C(=O)NCc1ccc(OC)cc1. The van der Waals surface area contributed by atoms with Gasteiger partial charge in [0.2, 0.25) is 0 Å². The maximum atomic E-state index is 13.2. The minimum atomic E-state index is -0.294. The summed E-state index contributed by atoms with van der Waals surface area (Å²) in [5.41, 5.74) is 1.76. The van der Waals surface area contributed by atoms with Crippen molar-refractivity contribution in [3.63, 3.8) is 0 Å². The van der Waals surface area contributed by atoms with Crippen LogP contribution in [-0.2, 0) is 13.1 Å². The first-order valence-electron chi connectivity index (χ1n) is 7.52. The van der Waals surface area contributed by atoms with E-state index in [0.29, 0.717) is 19.6 Å². The molecule has 0 radical (unpaired) electrons. The minimum Gasteiger partial charge on any atom is -0.497 e. The Balaban J connectivity index is 1.91. The summed E-state index contributed by atoms with van der Waals surface area (Å²) in [4.78, 5) is 13.9. The molecule has 0 fully saturated rings. The molecular weight excluding hydrogens is 295 g/mol. The van der Waals surface area contributed by atoms with Gasteiger partial charge in [-0.2, -0.15) is 0 Å². The lowest BCUT2D eigenvalue weighted by Crippen LogP contribution is -2.39. The van der Waals surface area contributed by atoms with Crippen LogP contribution >= 0.6 is 0 Å². The Morgan fingerprint density at radius 3 is 2.52 bits per heavy atom. The molecule has 0 saturated heterocycles. The third-order valence-corrected chi connectivity index (χ3v) is 3.53. The molecule has 2 rings (SSSR count). The van der Waals surface area contributed by atoms with E-state index in [0.717, 1.165) is 16.9 Å². The Labute approximate surface area is 135 Å². The van der Waals surface area contributed by atoms with Crippen LogP contribution in [0.1, 0.15) is 18.1 Å². The Morgan fingerprint density at radius 1 is 1.17 bits per heavy atom. The summed E-state index contributed by atoms with van der Waals surface area (Å²) >= 11 is 0. The van der Waals surface area contributed by atoms with Gasteiger partial charge in [-0.05, 0) is 42.3 Å². The van der Waals surface area contributed by atoms with Gasteiger partial charge in [0.05, 0.1) is 7.11 Å². The molecule has 0 aliphatic rings. The number of halogens is 1. The number of ether oxygens (including phenoxy) is 1. The van der Waals surface area contributed by atoms with Crippen molar-refractivity contribution >= 4 is 6.03 Å². The first-order chi connectivity index (χ1) is 11.1. The lowest BCUT2D eigenvalue weighted by Gasteiger charge is -2.21. The number of carbonyl (C=O) groups excluding carboxylic acids is 1. The number of benzene rings is 2. The molecule has 0 spiro atoms. The highest BCUT2D eigenvalue weighted by molar-refractivity contribution is 5.74. The van der Waals surface area contributed by atoms with Crippen molar-refractivity contribution in [2.24, 2.45) is 0 Å². The smallest absolute Gasteiger partial charge is 0.317 e. The summed E-state index contributed by atoms with van der Waals surface area (Å²) in [6.45, 7) is 3.25. The van der Waals surface area contributed by atoms with Gasteiger partial charge in [-0.1, -0.05) is 24.3 Å². The molecule has 0 aromatic heterocycles. The van der Waals surface area contributed by atoms with Gasteiger partial charge in [0.25, 0.3) is 0 Å². The van der Waals surface area contributed by atoms with E-state index in [1.165, 1.54) is 12.1 Å². The molecule has 23 heavy (non-hydrogen) atoms. The van der Waals surface area contributed by atoms with Crippen molar-refractivity contribution < 1.29 is 13.9 Å². The first kappa shape index (κ1) is 16.8. The van der Waals surface area contributed by atoms with E-state index >= 15 is 0 Å². The second-order valence-electron chi connectivity index (χ2n) is 5.15. The van der Waals surface area contributed by atoms with Gasteiger partial charge in [0, 0.05) is 19.6 Å². The zero-order chi connectivity index (χ0) is 16.7. The maximum Gasteiger partial charge on any atom is 0.317 e. The van der Waals surface area contributed by atoms with E-state index in [1.807, 2.05) is 37.3 Å². The maximum absolute atomic E-state index is 13.2. The van der Waals surface area contributed by atoms with Gasteiger partial charge >= 0.3 is 6.03 Å². The minimum absolute atomic E-state index is 0.174. The Hall–Kier alpha value is -2.56. The van der Waals surface area contributed by atoms with Gasteiger partial charge in [-0.25, -0.2) is 9.18 Å². The predicted molar refractivity (Wildman–Crippen MR) is 87.7 cm³/mol. The highest BCUT2D eigenvalue weighted by Gasteiger charge is 2.12. The van der Waals surface area contributed by atoms with Crippen LogP contribution in [0.15, 0.2) is 48.5 Å². The molecule has 2 amide bonds. The number of urea groups is 1. The molecule has 0 saturated carbocycles. The molecule has 0 aliphatic heterocycles. The Kier molecular flexibility index (Phi) is 5.97. The van der Waals surface area contributed by atoms with Crippen molar-refractivity contribution in [1.29, 1.82) is 0 Å². The van der Waals surface area contributed by atoms with Gasteiger partial charge in [0.15, 0.2) is 0 Å². The average Bonchev–Trinajstić information content (AvgIpc) is 2.58. The van der Waals surface area contributed by atoms with Crippen molar-refractivity contribution in [2.75, 3.05) is 13.7 Å². The van der Waals surface area contributed by atoms with Crippen molar-refractivity contribution in [3.05, 3.63) is 65.5 Å². The van der Waals surface area contributed by atoms with Crippen molar-refractivity contribution in [1.82, 2.24) is 10.2 Å². The monoisotopic (exact) mass is 316 g/mol. The number of carbonyl (C=O) groups is 1. The lowest BCUT2D eigenvalue weighted by atomic mass is 10.2. The quantitative estimate of drug-likeness (QED) is 0.885. The van der Waals surface area contributed by atoms with Gasteiger partial charge in [0.1, 0.15) is 11.6 Å². The largest absolute Gasteiger partial charge is 0.497 e. The van der Waals surface area contributed by atoms with Crippen LogP contribution in [0.25, 0.3) is 0 Å². The summed E-state index contributed by atoms with van der Waals surface area (Å²) in [7, 11) is 1.61. The first-order valence-corrected chi connectivity index (χ1v) is 7.52. The standard InChI is InChI=1S/C18H21FN2O2/c1-3-21(13-15-5-4-6-16(19)11-15)18(22)20-12-14-7-9-17(23-2)10-8-14/h4-11H,3,12-13H2,1-2H3,(H,20,22). The summed E-state index contributed by atoms with van der Waals surface area (Å²) < 4.78 is 18.3. The average molecular weight is 316 g/mol. The molecule has 122 valence electrons. The fourth-order valence-electron chi connectivity index (χ4n) is 2.22. The number of amides is 2. The summed E-state index contributed by atoms with van der Waals surface area (Å²) in [6, 6.07) is 13.6. The predicted octanol–water partition coefficient (Wildman–Crippen LogP) is 3.57. The Bertz CT molecular complexity index is 644. The fraction of sp³-hybridized carbons (Fsp3) is 0.278. The second kappa shape index (κ2) is 8.17. The zero-order valence-electron chi connectivity index (χ0n) is 13.4. The molecule has 2 aromatic carbocycles. The normalized spacial score (nSPS) is 10.2. The molecule has 4 nitrogen and oxygen atoms in total. The molecule has 0 bridgehead atoms. The summed E-state index contributed by atoms with van der Waals surface area (Å²) in [5, 5.41) is 2.87. The summed E-state index contributed by atoms with van der Waals surface area (Å²) in [6.07, 6.45) is 0. The molecule has 1 N–H and O–H groups in total. The number of nitrogens with zero attached hydrogens (tertiary/aromatic N) is 1. The molecule has 0 heterocycles. The van der Waals surface area contributed by atoms with E-state index in [2.05, 4.69) is 5.32 Å². The van der Waals surface area contributed by atoms with E-state index in [-0.39, 0.29) is 11.8 Å². The van der Waals surface area contributed by atoms with Crippen LogP contribution in [0.3, 0.4) is 0 Å². The van der Waals surface area contributed by atoms with E-state index < -0.39 is 0 Å². The number of rotatable bonds is 6. The van der Waals surface area contributed by atoms with Gasteiger partial charge in [-0.15, -0.1) is 0 Å². The van der Waals surface area contributed by atoms with Crippen LogP contribution in [0.4, 0.5) is 9.18 Å². The van der Waals surface area contributed by atoms with E-state index in [9.17, 15) is 9.18 Å². The Morgan fingerprint density at radius 2 is 1.91 bits per heavy atom. The highest BCUT2D eigenvalue weighted by Crippen LogP contribution is 2.11. The fourth-order valence-corrected chi connectivity index (χ4v) is 2.22. The van der Waals surface area contributed by atoms with E-state index in [1.54, 1.807) is 18.1 Å². The van der Waals surface area contributed by atoms with Gasteiger partial charge in [-0.3, -0.25) is 0 Å². The third-order valence-electron chi connectivity index (χ3n) is 3.53. The summed E-state index contributed by atoms with van der Waals surface area (Å²) in [5.74, 6) is 0.485. The molecule has 0 aliphatic carbocycles. The molecule has 0 atom stereocenters. The van der Waals surface area contributed by atoms with Crippen molar-refractivity contribution in [2.45, 2.75) is 20.0 Å². The molecular formula is C18H21FN2O2. The van der Waals surface area contributed by atoms with Crippen LogP contribution in [0, 0.1) is 5.82 Å². The zero-order valence-corrected chi connectivity index (χ0v) is 13.4. The van der Waals surface area contributed by atoms with Crippen LogP contribution < -0.4 is 10.1 Å². The van der Waals surface area contributed by atoms with Crippen LogP contribution in [0.2, 0.25) is 0 Å². The number of hydrogen-bond donors (Lipinski definition) is 1. The second-order valence-corrected chi connectivity index (χ2v) is 5.15. The number of methoxy groups -OCH3 is 1. The number of nitrogens with one attached hydrogen (secondary N) is 1. The highest BCUT2D eigenvalue weighted by atomic mass is 19.1. The molecule has 2 aromatic rings. The van der Waals surface area contributed by atoms with Gasteiger partial charge < -0.3 is 15.0 Å². The molecule has 0 unspecified atom stereocenters. The van der Waals surface area contributed by atoms with E-state index in [4.69, 9.17) is 4.74 Å². The lowest BCUT2D eigenvalue weighted by molar-refractivity contribution is 0.197. The topological polar surface area (TPSA) is 41.6 Å². The van der Waals surface area contributed by atoms with Crippen LogP contribution in [-0.4, -0.2) is 24.6 Å². The molecule has 5 heteroatoms. The third kappa shape index (κ3) is 4.98.